The van der Waals surface area contributed by atoms with Gasteiger partial charge in [-0.2, -0.15) is 0 Å². The smallest absolute Gasteiger partial charge is 0.407 e. The van der Waals surface area contributed by atoms with Crippen LogP contribution in [0.5, 0.6) is 0 Å². The lowest BCUT2D eigenvalue weighted by atomic mass is 10.1. The molecular weight excluding hydrogens is 379 g/mol. The molecule has 1 aromatic heterocycles. The number of benzene rings is 1. The van der Waals surface area contributed by atoms with Crippen LogP contribution >= 0.6 is 0 Å². The van der Waals surface area contributed by atoms with Crippen molar-refractivity contribution in [2.75, 3.05) is 25.1 Å². The summed E-state index contributed by atoms with van der Waals surface area (Å²) in [6.45, 7) is 4.47. The molecule has 152 valence electrons. The third-order valence-corrected chi connectivity index (χ3v) is 4.75. The van der Waals surface area contributed by atoms with Gasteiger partial charge in [-0.15, -0.1) is 6.58 Å². The van der Waals surface area contributed by atoms with Crippen molar-refractivity contribution in [2.24, 2.45) is 0 Å². The van der Waals surface area contributed by atoms with Gasteiger partial charge in [0, 0.05) is 18.3 Å². The van der Waals surface area contributed by atoms with E-state index in [2.05, 4.69) is 27.2 Å². The molecule has 0 spiro atoms. The normalized spacial score (nSPS) is 25.3. The predicted molar refractivity (Wildman–Crippen MR) is 103 cm³/mol. The monoisotopic (exact) mass is 400 g/mol. The molecule has 0 bridgehead atoms. The van der Waals surface area contributed by atoms with Gasteiger partial charge in [-0.05, 0) is 18.2 Å². The number of anilines is 1. The number of nitrogens with one attached hydrogen (secondary N) is 2. The van der Waals surface area contributed by atoms with Gasteiger partial charge in [-0.3, -0.25) is 0 Å². The number of hydrogen-bond donors (Lipinski definition) is 2. The van der Waals surface area contributed by atoms with E-state index in [1.165, 1.54) is 12.1 Å². The van der Waals surface area contributed by atoms with Gasteiger partial charge < -0.3 is 24.8 Å². The van der Waals surface area contributed by atoms with E-state index in [9.17, 15) is 9.18 Å². The van der Waals surface area contributed by atoms with E-state index >= 15 is 0 Å². The van der Waals surface area contributed by atoms with Crippen molar-refractivity contribution < 1.29 is 23.4 Å². The second-order valence-electron chi connectivity index (χ2n) is 6.74. The standard InChI is InChI=1S/C20H21FN4O4/c1-2-7-23-20(26)29-16-11-28-17-15(10-27-18(16)17)25-19-22-8-6-14(24-19)12-4-3-5-13(21)9-12/h2-6,8-9,15-18H,1,7,10-11H2,(H,23,26)(H,22,24,25)/t15-,16-,17-,18+/m0/s1. The second kappa shape index (κ2) is 8.54. The number of aromatic nitrogens is 2. The maximum Gasteiger partial charge on any atom is 0.407 e. The van der Waals surface area contributed by atoms with Crippen molar-refractivity contribution in [3.8, 4) is 11.3 Å². The zero-order valence-corrected chi connectivity index (χ0v) is 15.6. The van der Waals surface area contributed by atoms with Gasteiger partial charge >= 0.3 is 6.09 Å². The van der Waals surface area contributed by atoms with Crippen molar-refractivity contribution in [1.29, 1.82) is 0 Å². The van der Waals surface area contributed by atoms with Crippen LogP contribution in [0, 0.1) is 5.82 Å². The third-order valence-electron chi connectivity index (χ3n) is 4.75. The number of carbonyl (C=O) groups excluding carboxylic acids is 1. The van der Waals surface area contributed by atoms with E-state index in [0.717, 1.165) is 0 Å². The summed E-state index contributed by atoms with van der Waals surface area (Å²) in [6, 6.07) is 7.73. The number of ether oxygens (including phenoxy) is 3. The first-order valence-corrected chi connectivity index (χ1v) is 9.28. The van der Waals surface area contributed by atoms with E-state index in [1.807, 2.05) is 0 Å². The highest BCUT2D eigenvalue weighted by Crippen LogP contribution is 2.30. The van der Waals surface area contributed by atoms with Crippen molar-refractivity contribution in [2.45, 2.75) is 24.4 Å². The summed E-state index contributed by atoms with van der Waals surface area (Å²) in [5, 5.41) is 5.77. The first kappa shape index (κ1) is 19.3. The Morgan fingerprint density at radius 1 is 1.31 bits per heavy atom. The van der Waals surface area contributed by atoms with Crippen LogP contribution < -0.4 is 10.6 Å². The first-order valence-electron chi connectivity index (χ1n) is 9.28. The topological polar surface area (TPSA) is 94.6 Å². The Hall–Kier alpha value is -3.04. The van der Waals surface area contributed by atoms with E-state index in [-0.39, 0.29) is 30.7 Å². The maximum atomic E-state index is 13.5. The highest BCUT2D eigenvalue weighted by Gasteiger charge is 2.49. The van der Waals surface area contributed by atoms with Crippen LogP contribution in [-0.4, -0.2) is 60.2 Å². The average molecular weight is 400 g/mol. The SMILES string of the molecule is C=CCNC(=O)O[C@H]1CO[C@@H]2[C@@H]1OC[C@@H]2Nc1nccc(-c2cccc(F)c2)n1. The molecule has 0 aliphatic carbocycles. The molecule has 3 heterocycles. The molecular formula is C20H21FN4O4. The number of nitrogens with zero attached hydrogens (tertiary/aromatic N) is 2. The van der Waals surface area contributed by atoms with E-state index in [0.29, 0.717) is 30.4 Å². The van der Waals surface area contributed by atoms with Gasteiger partial charge in [0.2, 0.25) is 5.95 Å². The number of fused-ring (bicyclic) bond motifs is 1. The molecule has 2 aliphatic rings. The first-order chi connectivity index (χ1) is 14.1. The molecule has 9 heteroatoms. The van der Waals surface area contributed by atoms with Crippen LogP contribution in [0.2, 0.25) is 0 Å². The lowest BCUT2D eigenvalue weighted by Crippen LogP contribution is -2.39. The number of carbonyl (C=O) groups is 1. The van der Waals surface area contributed by atoms with Gasteiger partial charge in [0.15, 0.2) is 6.10 Å². The molecule has 0 saturated carbocycles. The number of amides is 1. The Morgan fingerprint density at radius 2 is 2.17 bits per heavy atom. The lowest BCUT2D eigenvalue weighted by Gasteiger charge is -2.18. The Labute approximate surface area is 167 Å². The molecule has 1 aromatic carbocycles. The molecule has 2 fully saturated rings. The molecule has 2 aliphatic heterocycles. The number of hydrogen-bond acceptors (Lipinski definition) is 7. The molecule has 0 unspecified atom stereocenters. The van der Waals surface area contributed by atoms with Gasteiger partial charge in [-0.1, -0.05) is 18.2 Å². The van der Waals surface area contributed by atoms with Crippen LogP contribution in [0.3, 0.4) is 0 Å². The summed E-state index contributed by atoms with van der Waals surface area (Å²) < 4.78 is 30.4. The van der Waals surface area contributed by atoms with Crippen molar-refractivity contribution >= 4 is 12.0 Å². The minimum absolute atomic E-state index is 0.201. The molecule has 0 radical (unpaired) electrons. The van der Waals surface area contributed by atoms with Gasteiger partial charge in [-0.25, -0.2) is 19.2 Å². The number of rotatable bonds is 6. The number of halogens is 1. The zero-order chi connectivity index (χ0) is 20.2. The van der Waals surface area contributed by atoms with Crippen LogP contribution in [0.4, 0.5) is 15.1 Å². The van der Waals surface area contributed by atoms with Crippen LogP contribution in [-0.2, 0) is 14.2 Å². The summed E-state index contributed by atoms with van der Waals surface area (Å²) in [7, 11) is 0. The lowest BCUT2D eigenvalue weighted by molar-refractivity contribution is 0.00475. The highest BCUT2D eigenvalue weighted by molar-refractivity contribution is 5.67. The van der Waals surface area contributed by atoms with Crippen LogP contribution in [0.15, 0.2) is 49.2 Å². The maximum absolute atomic E-state index is 13.5. The minimum atomic E-state index is -0.537. The quantitative estimate of drug-likeness (QED) is 0.718. The van der Waals surface area contributed by atoms with Crippen LogP contribution in [0.1, 0.15) is 0 Å². The van der Waals surface area contributed by atoms with E-state index < -0.39 is 12.2 Å². The fourth-order valence-corrected chi connectivity index (χ4v) is 3.43. The van der Waals surface area contributed by atoms with Gasteiger partial charge in [0.05, 0.1) is 24.9 Å². The third kappa shape index (κ3) is 4.36. The molecule has 2 N–H and O–H groups in total. The summed E-state index contributed by atoms with van der Waals surface area (Å²) in [5.41, 5.74) is 1.26. The van der Waals surface area contributed by atoms with E-state index in [4.69, 9.17) is 14.2 Å². The predicted octanol–water partition coefficient (Wildman–Crippen LogP) is 2.14. The summed E-state index contributed by atoms with van der Waals surface area (Å²) in [6.07, 6.45) is 1.48. The molecule has 2 saturated heterocycles. The highest BCUT2D eigenvalue weighted by atomic mass is 19.1. The fourth-order valence-electron chi connectivity index (χ4n) is 3.43. The zero-order valence-electron chi connectivity index (χ0n) is 15.6. The van der Waals surface area contributed by atoms with Gasteiger partial charge in [0.1, 0.15) is 18.0 Å². The van der Waals surface area contributed by atoms with Gasteiger partial charge in [0.25, 0.3) is 0 Å². The molecule has 4 rings (SSSR count). The second-order valence-corrected chi connectivity index (χ2v) is 6.74. The Bertz CT molecular complexity index is 896. The Kier molecular flexibility index (Phi) is 5.68. The summed E-state index contributed by atoms with van der Waals surface area (Å²) >= 11 is 0. The summed E-state index contributed by atoms with van der Waals surface area (Å²) in [4.78, 5) is 20.5. The Morgan fingerprint density at radius 3 is 3.00 bits per heavy atom. The fraction of sp³-hybridized carbons (Fsp3) is 0.350. The molecule has 4 atom stereocenters. The largest absolute Gasteiger partial charge is 0.441 e. The average Bonchev–Trinajstić information content (AvgIpc) is 3.30. The Balaban J connectivity index is 1.40. The summed E-state index contributed by atoms with van der Waals surface area (Å²) in [5.74, 6) is 0.0582. The van der Waals surface area contributed by atoms with Crippen molar-refractivity contribution in [3.63, 3.8) is 0 Å². The molecule has 29 heavy (non-hydrogen) atoms. The minimum Gasteiger partial charge on any atom is -0.441 e. The van der Waals surface area contributed by atoms with Crippen molar-refractivity contribution in [1.82, 2.24) is 15.3 Å². The van der Waals surface area contributed by atoms with Crippen molar-refractivity contribution in [3.05, 3.63) is 55.0 Å². The van der Waals surface area contributed by atoms with E-state index in [1.54, 1.807) is 30.5 Å². The molecule has 1 amide bonds. The molecule has 2 aromatic rings. The van der Waals surface area contributed by atoms with Crippen LogP contribution in [0.25, 0.3) is 11.3 Å². The number of alkyl carbamates (subject to hydrolysis) is 1. The molecule has 8 nitrogen and oxygen atoms in total.